The molecule has 0 aliphatic rings. The van der Waals surface area contributed by atoms with E-state index in [1.165, 1.54) is 23.0 Å². The number of nitrogens with zero attached hydrogens (tertiary/aromatic N) is 4. The van der Waals surface area contributed by atoms with Crippen molar-refractivity contribution in [3.05, 3.63) is 67.1 Å². The number of hydrogen-bond donors (Lipinski definition) is 2. The number of aromatic amines is 1. The van der Waals surface area contributed by atoms with Crippen LogP contribution in [0.5, 0.6) is 0 Å². The van der Waals surface area contributed by atoms with Crippen LogP contribution in [-0.2, 0) is 6.54 Å². The van der Waals surface area contributed by atoms with Crippen LogP contribution in [0.2, 0.25) is 5.02 Å². The molecule has 0 radical (unpaired) electrons. The summed E-state index contributed by atoms with van der Waals surface area (Å²) >= 11 is 9.00. The molecule has 134 valence electrons. The summed E-state index contributed by atoms with van der Waals surface area (Å²) < 4.78 is 14.6. The predicted octanol–water partition coefficient (Wildman–Crippen LogP) is 3.37. The molecule has 12 heteroatoms. The first-order valence-electron chi connectivity index (χ1n) is 7.02. The Hall–Kier alpha value is -2.79. The quantitative estimate of drug-likeness (QED) is 0.463. The molecule has 1 aromatic carbocycles. The van der Waals surface area contributed by atoms with E-state index in [-0.39, 0.29) is 33.4 Å². The van der Waals surface area contributed by atoms with Crippen LogP contribution in [0.15, 0.2) is 34.9 Å². The second-order valence-corrected chi connectivity index (χ2v) is 6.30. The number of benzene rings is 1. The number of anilines is 1. The van der Waals surface area contributed by atoms with E-state index in [1.807, 2.05) is 0 Å². The van der Waals surface area contributed by atoms with Gasteiger partial charge in [-0.05, 0) is 38.5 Å². The van der Waals surface area contributed by atoms with Gasteiger partial charge in [0.15, 0.2) is 11.5 Å². The van der Waals surface area contributed by atoms with Crippen molar-refractivity contribution in [3.8, 4) is 0 Å². The Balaban J connectivity index is 1.77. The van der Waals surface area contributed by atoms with Crippen LogP contribution in [0.4, 0.5) is 16.0 Å². The molecule has 0 bridgehead atoms. The van der Waals surface area contributed by atoms with Crippen molar-refractivity contribution in [1.29, 1.82) is 0 Å². The number of aromatic nitrogens is 4. The van der Waals surface area contributed by atoms with Crippen LogP contribution in [0.3, 0.4) is 0 Å². The van der Waals surface area contributed by atoms with Gasteiger partial charge >= 0.3 is 5.82 Å². The fourth-order valence-electron chi connectivity index (χ4n) is 2.14. The molecule has 0 atom stereocenters. The van der Waals surface area contributed by atoms with Gasteiger partial charge in [0.05, 0.1) is 6.54 Å². The van der Waals surface area contributed by atoms with E-state index in [0.29, 0.717) is 5.56 Å². The lowest BCUT2D eigenvalue weighted by atomic mass is 10.2. The second-order valence-electron chi connectivity index (χ2n) is 5.10. The van der Waals surface area contributed by atoms with Crippen LogP contribution in [0.25, 0.3) is 0 Å². The third kappa shape index (κ3) is 3.73. The third-order valence-electron chi connectivity index (χ3n) is 3.27. The number of nitro groups is 1. The maximum absolute atomic E-state index is 13.2. The van der Waals surface area contributed by atoms with E-state index in [1.54, 1.807) is 12.1 Å². The Bertz CT molecular complexity index is 1000. The summed E-state index contributed by atoms with van der Waals surface area (Å²) in [4.78, 5) is 22.3. The molecule has 0 aliphatic carbocycles. The highest BCUT2D eigenvalue weighted by Crippen LogP contribution is 2.27. The van der Waals surface area contributed by atoms with E-state index >= 15 is 0 Å². The van der Waals surface area contributed by atoms with Crippen molar-refractivity contribution in [2.24, 2.45) is 0 Å². The Morgan fingerprint density at radius 3 is 2.92 bits per heavy atom. The average Bonchev–Trinajstić information content (AvgIpc) is 3.10. The van der Waals surface area contributed by atoms with Gasteiger partial charge in [0.2, 0.25) is 0 Å². The third-order valence-corrected chi connectivity index (χ3v) is 4.30. The Morgan fingerprint density at radius 2 is 2.27 bits per heavy atom. The van der Waals surface area contributed by atoms with Crippen molar-refractivity contribution >= 4 is 45.1 Å². The number of H-pyrrole nitrogens is 1. The lowest BCUT2D eigenvalue weighted by molar-refractivity contribution is -0.390. The lowest BCUT2D eigenvalue weighted by Crippen LogP contribution is -2.14. The molecule has 0 aliphatic heterocycles. The molecule has 0 saturated carbocycles. The zero-order valence-corrected chi connectivity index (χ0v) is 15.1. The first-order chi connectivity index (χ1) is 12.3. The van der Waals surface area contributed by atoms with E-state index in [9.17, 15) is 19.3 Å². The fourth-order valence-corrected chi connectivity index (χ4v) is 2.84. The standard InChI is InChI=1S/C14H9BrClFN6O3/c15-10-11(19-20-13(10)23(25)26)14(24)18-12-9(16)6-22(21-12)5-7-2-1-3-8(17)4-7/h1-4,6H,5H2,(H,19,20)(H,18,21,24). The van der Waals surface area contributed by atoms with Gasteiger partial charge in [0.1, 0.15) is 15.3 Å². The minimum atomic E-state index is -0.737. The Labute approximate surface area is 158 Å². The maximum atomic E-state index is 13.2. The zero-order valence-electron chi connectivity index (χ0n) is 12.7. The summed E-state index contributed by atoms with van der Waals surface area (Å²) in [5.74, 6) is -1.51. The fraction of sp³-hybridized carbons (Fsp3) is 0.0714. The number of hydrogen-bond acceptors (Lipinski definition) is 5. The van der Waals surface area contributed by atoms with Gasteiger partial charge in [0.25, 0.3) is 5.91 Å². The minimum absolute atomic E-state index is 0.0469. The van der Waals surface area contributed by atoms with Gasteiger partial charge in [-0.3, -0.25) is 9.48 Å². The maximum Gasteiger partial charge on any atom is 0.357 e. The van der Waals surface area contributed by atoms with Crippen LogP contribution in [0.1, 0.15) is 16.1 Å². The molecule has 9 nitrogen and oxygen atoms in total. The van der Waals surface area contributed by atoms with Crippen molar-refractivity contribution in [3.63, 3.8) is 0 Å². The van der Waals surface area contributed by atoms with Crippen molar-refractivity contribution in [2.75, 3.05) is 5.32 Å². The van der Waals surface area contributed by atoms with Crippen molar-refractivity contribution < 1.29 is 14.1 Å². The van der Waals surface area contributed by atoms with Gasteiger partial charge in [0, 0.05) is 6.20 Å². The van der Waals surface area contributed by atoms with Gasteiger partial charge < -0.3 is 15.4 Å². The van der Waals surface area contributed by atoms with Gasteiger partial charge in [-0.1, -0.05) is 28.8 Å². The number of halogens is 3. The molecule has 26 heavy (non-hydrogen) atoms. The monoisotopic (exact) mass is 442 g/mol. The second kappa shape index (κ2) is 7.22. The topological polar surface area (TPSA) is 119 Å². The highest BCUT2D eigenvalue weighted by molar-refractivity contribution is 9.10. The normalized spacial score (nSPS) is 10.7. The first-order valence-corrected chi connectivity index (χ1v) is 8.19. The highest BCUT2D eigenvalue weighted by atomic mass is 79.9. The smallest absolute Gasteiger partial charge is 0.357 e. The van der Waals surface area contributed by atoms with Crippen LogP contribution in [0, 0.1) is 15.9 Å². The molecule has 2 heterocycles. The minimum Gasteiger partial charge on any atom is -0.358 e. The molecule has 1 amide bonds. The molecule has 0 unspecified atom stereocenters. The average molecular weight is 444 g/mol. The number of carbonyl (C=O) groups excluding carboxylic acids is 1. The number of carbonyl (C=O) groups is 1. The largest absolute Gasteiger partial charge is 0.358 e. The van der Waals surface area contributed by atoms with Crippen molar-refractivity contribution in [2.45, 2.75) is 6.54 Å². The highest BCUT2D eigenvalue weighted by Gasteiger charge is 2.25. The summed E-state index contributed by atoms with van der Waals surface area (Å²) in [7, 11) is 0. The van der Waals surface area contributed by atoms with E-state index < -0.39 is 16.6 Å². The molecule has 2 N–H and O–H groups in total. The number of nitrogens with one attached hydrogen (secondary N) is 2. The van der Waals surface area contributed by atoms with Gasteiger partial charge in [-0.15, -0.1) is 5.10 Å². The van der Waals surface area contributed by atoms with Gasteiger partial charge in [-0.2, -0.15) is 5.10 Å². The Kier molecular flexibility index (Phi) is 5.00. The molecule has 3 rings (SSSR count). The number of amides is 1. The SMILES string of the molecule is O=C(Nc1nn(Cc2cccc(F)c2)cc1Cl)c1n[nH]c([N+](=O)[O-])c1Br. The van der Waals surface area contributed by atoms with Gasteiger partial charge in [-0.25, -0.2) is 4.39 Å². The summed E-state index contributed by atoms with van der Waals surface area (Å²) in [6.07, 6.45) is 1.46. The van der Waals surface area contributed by atoms with Crippen LogP contribution >= 0.6 is 27.5 Å². The van der Waals surface area contributed by atoms with Crippen LogP contribution < -0.4 is 5.32 Å². The summed E-state index contributed by atoms with van der Waals surface area (Å²) in [6, 6.07) is 5.97. The zero-order chi connectivity index (χ0) is 18.8. The molecule has 2 aromatic heterocycles. The van der Waals surface area contributed by atoms with Crippen LogP contribution in [-0.4, -0.2) is 30.8 Å². The summed E-state index contributed by atoms with van der Waals surface area (Å²) in [6.45, 7) is 0.241. The summed E-state index contributed by atoms with van der Waals surface area (Å²) in [5, 5.41) is 23.2. The van der Waals surface area contributed by atoms with E-state index in [0.717, 1.165) is 0 Å². The lowest BCUT2D eigenvalue weighted by Gasteiger charge is -2.02. The Morgan fingerprint density at radius 1 is 1.50 bits per heavy atom. The molecule has 0 fully saturated rings. The molecule has 3 aromatic rings. The first kappa shape index (κ1) is 18.0. The van der Waals surface area contributed by atoms with Crippen molar-refractivity contribution in [1.82, 2.24) is 20.0 Å². The molecular weight excluding hydrogens is 435 g/mol. The number of rotatable bonds is 5. The van der Waals surface area contributed by atoms with E-state index in [2.05, 4.69) is 36.5 Å². The van der Waals surface area contributed by atoms with E-state index in [4.69, 9.17) is 11.6 Å². The molecule has 0 spiro atoms. The molecule has 0 saturated heterocycles. The molecular formula is C14H9BrClFN6O3. The predicted molar refractivity (Wildman–Crippen MR) is 93.6 cm³/mol. The summed E-state index contributed by atoms with van der Waals surface area (Å²) in [5.41, 5.74) is 0.445.